The van der Waals surface area contributed by atoms with Gasteiger partial charge in [-0.1, -0.05) is 19.9 Å². The molecule has 0 atom stereocenters. The number of nitrogens with one attached hydrogen (secondary N) is 1. The van der Waals surface area contributed by atoms with E-state index >= 15 is 0 Å². The first kappa shape index (κ1) is 11.0. The largest absolute Gasteiger partial charge is 0.318 e. The van der Waals surface area contributed by atoms with Gasteiger partial charge < -0.3 is 9.88 Å². The molecule has 0 amide bonds. The molecule has 0 aromatic carbocycles. The molecule has 0 aliphatic heterocycles. The van der Waals surface area contributed by atoms with Crippen LogP contribution in [0, 0.1) is 5.92 Å². The van der Waals surface area contributed by atoms with Gasteiger partial charge >= 0.3 is 0 Å². The summed E-state index contributed by atoms with van der Waals surface area (Å²) in [6, 6.07) is 3.77. The Hall–Kier alpha value is -1.09. The molecule has 1 N–H and O–H groups in total. The fourth-order valence-corrected chi connectivity index (χ4v) is 1.28. The van der Waals surface area contributed by atoms with Gasteiger partial charge in [0.05, 0.1) is 0 Å². The zero-order valence-electron chi connectivity index (χ0n) is 9.08. The first-order chi connectivity index (χ1) is 6.61. The molecule has 1 aromatic rings. The van der Waals surface area contributed by atoms with Crippen LogP contribution in [-0.4, -0.2) is 11.1 Å². The van der Waals surface area contributed by atoms with Crippen LogP contribution in [-0.2, 0) is 13.6 Å². The molecule has 1 aromatic heterocycles. The second-order valence-corrected chi connectivity index (χ2v) is 3.97. The zero-order valence-corrected chi connectivity index (χ0v) is 9.08. The number of nitrogens with zero attached hydrogens (tertiary/aromatic N) is 1. The fourth-order valence-electron chi connectivity index (χ4n) is 1.28. The van der Waals surface area contributed by atoms with E-state index < -0.39 is 0 Å². The Bertz CT molecular complexity index is 341. The molecule has 3 nitrogen and oxygen atoms in total. The van der Waals surface area contributed by atoms with Gasteiger partial charge in [0.2, 0.25) is 0 Å². The number of pyridine rings is 1. The molecule has 0 spiro atoms. The van der Waals surface area contributed by atoms with Crippen LogP contribution >= 0.6 is 0 Å². The van der Waals surface area contributed by atoms with Gasteiger partial charge in [0.1, 0.15) is 0 Å². The van der Waals surface area contributed by atoms with Gasteiger partial charge in [0.25, 0.3) is 5.56 Å². The first-order valence-corrected chi connectivity index (χ1v) is 4.96. The van der Waals surface area contributed by atoms with Crippen molar-refractivity contribution in [2.75, 3.05) is 6.54 Å². The molecule has 14 heavy (non-hydrogen) atoms. The van der Waals surface area contributed by atoms with E-state index in [0.717, 1.165) is 12.1 Å². The van der Waals surface area contributed by atoms with E-state index in [1.165, 1.54) is 0 Å². The summed E-state index contributed by atoms with van der Waals surface area (Å²) in [5.41, 5.74) is 0.916. The van der Waals surface area contributed by atoms with Crippen LogP contribution in [0.4, 0.5) is 0 Å². The van der Waals surface area contributed by atoms with Crippen LogP contribution in [0.3, 0.4) is 0 Å². The lowest BCUT2D eigenvalue weighted by molar-refractivity contribution is 0.549. The topological polar surface area (TPSA) is 34.0 Å². The maximum absolute atomic E-state index is 11.6. The summed E-state index contributed by atoms with van der Waals surface area (Å²) in [7, 11) is 1.77. The van der Waals surface area contributed by atoms with E-state index in [1.807, 2.05) is 12.1 Å². The second kappa shape index (κ2) is 4.96. The zero-order chi connectivity index (χ0) is 10.6. The molecule has 3 heteroatoms. The van der Waals surface area contributed by atoms with Crippen LogP contribution in [0.1, 0.15) is 19.4 Å². The predicted molar refractivity (Wildman–Crippen MR) is 58.2 cm³/mol. The molecule has 1 heterocycles. The summed E-state index contributed by atoms with van der Waals surface area (Å²) in [6.07, 6.45) is 1.77. The van der Waals surface area contributed by atoms with E-state index in [9.17, 15) is 4.79 Å². The summed E-state index contributed by atoms with van der Waals surface area (Å²) in [6.45, 7) is 5.90. The minimum Gasteiger partial charge on any atom is -0.318 e. The third-order valence-corrected chi connectivity index (χ3v) is 2.07. The van der Waals surface area contributed by atoms with Crippen molar-refractivity contribution in [3.63, 3.8) is 0 Å². The Labute approximate surface area is 84.8 Å². The van der Waals surface area contributed by atoms with Crippen molar-refractivity contribution in [2.45, 2.75) is 20.4 Å². The van der Waals surface area contributed by atoms with E-state index in [-0.39, 0.29) is 5.56 Å². The molecule has 0 saturated carbocycles. The molecule has 0 aliphatic rings. The maximum Gasteiger partial charge on any atom is 0.254 e. The Morgan fingerprint density at radius 3 is 2.86 bits per heavy atom. The summed E-state index contributed by atoms with van der Waals surface area (Å²) in [4.78, 5) is 11.6. The van der Waals surface area contributed by atoms with Gasteiger partial charge in [-0.15, -0.1) is 0 Å². The quantitative estimate of drug-likeness (QED) is 0.779. The molecule has 1 rings (SSSR count). The number of aromatic nitrogens is 1. The fraction of sp³-hybridized carbons (Fsp3) is 0.545. The lowest BCUT2D eigenvalue weighted by Gasteiger charge is -2.07. The van der Waals surface area contributed by atoms with Gasteiger partial charge in [0, 0.05) is 25.4 Å². The molecule has 0 saturated heterocycles. The van der Waals surface area contributed by atoms with Gasteiger partial charge in [-0.25, -0.2) is 0 Å². The Morgan fingerprint density at radius 2 is 2.21 bits per heavy atom. The molecule has 78 valence electrons. The van der Waals surface area contributed by atoms with E-state index in [1.54, 1.807) is 17.8 Å². The van der Waals surface area contributed by atoms with Gasteiger partial charge in [-0.3, -0.25) is 4.79 Å². The molecular formula is C11H18N2O. The van der Waals surface area contributed by atoms with Crippen LogP contribution < -0.4 is 10.9 Å². The smallest absolute Gasteiger partial charge is 0.254 e. The Morgan fingerprint density at radius 1 is 1.50 bits per heavy atom. The average Bonchev–Trinajstić information content (AvgIpc) is 2.12. The predicted octanol–water partition coefficient (Wildman–Crippen LogP) is 1.13. The molecule has 0 aliphatic carbocycles. The van der Waals surface area contributed by atoms with Crippen molar-refractivity contribution < 1.29 is 0 Å². The highest BCUT2D eigenvalue weighted by Crippen LogP contribution is 1.92. The van der Waals surface area contributed by atoms with Crippen LogP contribution in [0.25, 0.3) is 0 Å². The van der Waals surface area contributed by atoms with Crippen molar-refractivity contribution in [3.05, 3.63) is 34.2 Å². The van der Waals surface area contributed by atoms with Crippen molar-refractivity contribution in [1.29, 1.82) is 0 Å². The summed E-state index contributed by atoms with van der Waals surface area (Å²) < 4.78 is 1.60. The second-order valence-electron chi connectivity index (χ2n) is 3.97. The van der Waals surface area contributed by atoms with Gasteiger partial charge in [-0.2, -0.15) is 0 Å². The van der Waals surface area contributed by atoms with Crippen LogP contribution in [0.15, 0.2) is 23.1 Å². The molecular weight excluding hydrogens is 176 g/mol. The number of aryl methyl sites for hydroxylation is 1. The van der Waals surface area contributed by atoms with Crippen molar-refractivity contribution in [1.82, 2.24) is 9.88 Å². The van der Waals surface area contributed by atoms with Crippen molar-refractivity contribution in [3.8, 4) is 0 Å². The highest BCUT2D eigenvalue weighted by atomic mass is 16.1. The number of hydrogen-bond acceptors (Lipinski definition) is 2. The molecule has 0 fully saturated rings. The highest BCUT2D eigenvalue weighted by molar-refractivity contribution is 5.09. The number of hydrogen-bond donors (Lipinski definition) is 1. The lowest BCUT2D eigenvalue weighted by atomic mass is 10.2. The monoisotopic (exact) mass is 194 g/mol. The summed E-state index contributed by atoms with van der Waals surface area (Å²) in [5, 5.41) is 3.26. The maximum atomic E-state index is 11.6. The van der Waals surface area contributed by atoms with E-state index in [4.69, 9.17) is 0 Å². The van der Waals surface area contributed by atoms with E-state index in [0.29, 0.717) is 12.5 Å². The van der Waals surface area contributed by atoms with E-state index in [2.05, 4.69) is 19.2 Å². The van der Waals surface area contributed by atoms with Crippen molar-refractivity contribution in [2.24, 2.45) is 13.0 Å². The third-order valence-electron chi connectivity index (χ3n) is 2.07. The molecule has 0 radical (unpaired) electrons. The van der Waals surface area contributed by atoms with Gasteiger partial charge in [0.15, 0.2) is 0 Å². The summed E-state index contributed by atoms with van der Waals surface area (Å²) >= 11 is 0. The standard InChI is InChI=1S/C11H18N2O/c1-9(2)7-12-8-10-5-4-6-13(3)11(10)14/h4-6,9,12H,7-8H2,1-3H3. The normalized spacial score (nSPS) is 10.9. The Kier molecular flexibility index (Phi) is 3.89. The highest BCUT2D eigenvalue weighted by Gasteiger charge is 2.00. The Balaban J connectivity index is 2.59. The van der Waals surface area contributed by atoms with Crippen LogP contribution in [0.2, 0.25) is 0 Å². The van der Waals surface area contributed by atoms with Crippen LogP contribution in [0.5, 0.6) is 0 Å². The summed E-state index contributed by atoms with van der Waals surface area (Å²) in [5.74, 6) is 0.613. The molecule has 0 unspecified atom stereocenters. The van der Waals surface area contributed by atoms with Crippen molar-refractivity contribution >= 4 is 0 Å². The number of rotatable bonds is 4. The average molecular weight is 194 g/mol. The molecule has 0 bridgehead atoms. The minimum absolute atomic E-state index is 0.0868. The lowest BCUT2D eigenvalue weighted by Crippen LogP contribution is -2.26. The first-order valence-electron chi connectivity index (χ1n) is 4.96. The minimum atomic E-state index is 0.0868. The SMILES string of the molecule is CC(C)CNCc1cccn(C)c1=O. The van der Waals surface area contributed by atoms with Gasteiger partial charge in [-0.05, 0) is 18.5 Å². The third kappa shape index (κ3) is 3.00.